The van der Waals surface area contributed by atoms with E-state index in [1.165, 1.54) is 0 Å². The predicted molar refractivity (Wildman–Crippen MR) is 82.9 cm³/mol. The molecule has 1 N–H and O–H groups in total. The first-order chi connectivity index (χ1) is 10.1. The Hall–Kier alpha value is -2.80. The Labute approximate surface area is 124 Å². The molecule has 0 fully saturated rings. The predicted octanol–water partition coefficient (Wildman–Crippen LogP) is 2.87. The quantitative estimate of drug-likeness (QED) is 0.936. The van der Waals surface area contributed by atoms with Gasteiger partial charge in [0.1, 0.15) is 0 Å². The van der Waals surface area contributed by atoms with E-state index in [0.717, 1.165) is 11.3 Å². The SMILES string of the molecule is CN(C)C(=O)c1ccccc1NCc1cccc(C#N)c1. The van der Waals surface area contributed by atoms with Crippen molar-refractivity contribution in [3.05, 3.63) is 65.2 Å². The van der Waals surface area contributed by atoms with Gasteiger partial charge in [-0.2, -0.15) is 5.26 Å². The zero-order valence-electron chi connectivity index (χ0n) is 12.1. The van der Waals surface area contributed by atoms with Crippen LogP contribution in [0.15, 0.2) is 48.5 Å². The van der Waals surface area contributed by atoms with Gasteiger partial charge in [-0.3, -0.25) is 4.79 Å². The van der Waals surface area contributed by atoms with Crippen LogP contribution >= 0.6 is 0 Å². The largest absolute Gasteiger partial charge is 0.380 e. The third-order valence-electron chi connectivity index (χ3n) is 3.10. The van der Waals surface area contributed by atoms with Gasteiger partial charge in [-0.15, -0.1) is 0 Å². The molecule has 2 aromatic rings. The smallest absolute Gasteiger partial charge is 0.255 e. The topological polar surface area (TPSA) is 56.1 Å². The highest BCUT2D eigenvalue weighted by atomic mass is 16.2. The van der Waals surface area contributed by atoms with E-state index >= 15 is 0 Å². The number of hydrogen-bond acceptors (Lipinski definition) is 3. The van der Waals surface area contributed by atoms with Crippen molar-refractivity contribution < 1.29 is 4.79 Å². The van der Waals surface area contributed by atoms with E-state index in [-0.39, 0.29) is 5.91 Å². The lowest BCUT2D eigenvalue weighted by Crippen LogP contribution is -2.22. The summed E-state index contributed by atoms with van der Waals surface area (Å²) in [5.41, 5.74) is 3.06. The number of amides is 1. The van der Waals surface area contributed by atoms with Crippen molar-refractivity contribution in [2.24, 2.45) is 0 Å². The van der Waals surface area contributed by atoms with Gasteiger partial charge < -0.3 is 10.2 Å². The number of nitriles is 1. The Morgan fingerprint density at radius 3 is 2.67 bits per heavy atom. The minimum atomic E-state index is -0.0381. The molecule has 0 aliphatic heterocycles. The fraction of sp³-hybridized carbons (Fsp3) is 0.176. The average molecular weight is 279 g/mol. The van der Waals surface area contributed by atoms with Gasteiger partial charge in [0.05, 0.1) is 17.2 Å². The number of rotatable bonds is 4. The molecular weight excluding hydrogens is 262 g/mol. The van der Waals surface area contributed by atoms with E-state index < -0.39 is 0 Å². The average Bonchev–Trinajstić information content (AvgIpc) is 2.52. The molecule has 1 amide bonds. The molecule has 4 heteroatoms. The lowest BCUT2D eigenvalue weighted by atomic mass is 10.1. The standard InChI is InChI=1S/C17H17N3O/c1-20(2)17(21)15-8-3-4-9-16(15)19-12-14-7-5-6-13(10-14)11-18/h3-10,19H,12H2,1-2H3. The molecule has 0 saturated carbocycles. The second-order valence-corrected chi connectivity index (χ2v) is 4.91. The normalized spacial score (nSPS) is 9.76. The lowest BCUT2D eigenvalue weighted by Gasteiger charge is -2.15. The van der Waals surface area contributed by atoms with Crippen molar-refractivity contribution in [1.82, 2.24) is 4.90 Å². The van der Waals surface area contributed by atoms with Crippen LogP contribution in [-0.2, 0) is 6.54 Å². The number of benzene rings is 2. The van der Waals surface area contributed by atoms with Crippen LogP contribution in [-0.4, -0.2) is 24.9 Å². The van der Waals surface area contributed by atoms with E-state index in [1.807, 2.05) is 36.4 Å². The molecular formula is C17H17N3O. The molecule has 0 aliphatic carbocycles. The highest BCUT2D eigenvalue weighted by Crippen LogP contribution is 2.17. The van der Waals surface area contributed by atoms with Crippen molar-refractivity contribution in [3.8, 4) is 6.07 Å². The molecule has 0 atom stereocenters. The summed E-state index contributed by atoms with van der Waals surface area (Å²) >= 11 is 0. The lowest BCUT2D eigenvalue weighted by molar-refractivity contribution is 0.0828. The first-order valence-corrected chi connectivity index (χ1v) is 6.65. The van der Waals surface area contributed by atoms with E-state index in [2.05, 4.69) is 11.4 Å². The first-order valence-electron chi connectivity index (χ1n) is 6.65. The Balaban J connectivity index is 2.17. The van der Waals surface area contributed by atoms with Crippen LogP contribution in [0, 0.1) is 11.3 Å². The van der Waals surface area contributed by atoms with Gasteiger partial charge in [-0.05, 0) is 29.8 Å². The highest BCUT2D eigenvalue weighted by Gasteiger charge is 2.12. The molecule has 2 rings (SSSR count). The maximum absolute atomic E-state index is 12.1. The van der Waals surface area contributed by atoms with E-state index in [4.69, 9.17) is 5.26 Å². The van der Waals surface area contributed by atoms with Crippen LogP contribution in [0.2, 0.25) is 0 Å². The number of carbonyl (C=O) groups excluding carboxylic acids is 1. The Kier molecular flexibility index (Phi) is 4.57. The Morgan fingerprint density at radius 2 is 1.95 bits per heavy atom. The van der Waals surface area contributed by atoms with Crippen LogP contribution in [0.4, 0.5) is 5.69 Å². The van der Waals surface area contributed by atoms with E-state index in [0.29, 0.717) is 17.7 Å². The van der Waals surface area contributed by atoms with Gasteiger partial charge in [0.25, 0.3) is 5.91 Å². The van der Waals surface area contributed by atoms with Gasteiger partial charge in [0, 0.05) is 26.3 Å². The molecule has 0 aliphatic rings. The van der Waals surface area contributed by atoms with Gasteiger partial charge in [-0.1, -0.05) is 24.3 Å². The maximum Gasteiger partial charge on any atom is 0.255 e. The third-order valence-corrected chi connectivity index (χ3v) is 3.10. The minimum absolute atomic E-state index is 0.0381. The molecule has 0 radical (unpaired) electrons. The molecule has 0 spiro atoms. The number of anilines is 1. The summed E-state index contributed by atoms with van der Waals surface area (Å²) in [6, 6.07) is 16.9. The molecule has 2 aromatic carbocycles. The second kappa shape index (κ2) is 6.58. The summed E-state index contributed by atoms with van der Waals surface area (Å²) in [6.45, 7) is 0.563. The fourth-order valence-electron chi connectivity index (χ4n) is 2.01. The number of hydrogen-bond donors (Lipinski definition) is 1. The summed E-state index contributed by atoms with van der Waals surface area (Å²) in [6.07, 6.45) is 0. The number of nitrogens with one attached hydrogen (secondary N) is 1. The van der Waals surface area contributed by atoms with Crippen molar-refractivity contribution in [2.75, 3.05) is 19.4 Å². The summed E-state index contributed by atoms with van der Waals surface area (Å²) in [4.78, 5) is 13.7. The minimum Gasteiger partial charge on any atom is -0.380 e. The molecule has 0 saturated heterocycles. The van der Waals surface area contributed by atoms with Gasteiger partial charge in [-0.25, -0.2) is 0 Å². The summed E-state index contributed by atoms with van der Waals surface area (Å²) in [5.74, 6) is -0.0381. The van der Waals surface area contributed by atoms with Crippen molar-refractivity contribution in [3.63, 3.8) is 0 Å². The highest BCUT2D eigenvalue weighted by molar-refractivity contribution is 5.99. The van der Waals surface area contributed by atoms with Crippen LogP contribution in [0.3, 0.4) is 0 Å². The number of para-hydroxylation sites is 1. The van der Waals surface area contributed by atoms with E-state index in [1.54, 1.807) is 31.1 Å². The van der Waals surface area contributed by atoms with Gasteiger partial charge in [0.2, 0.25) is 0 Å². The van der Waals surface area contributed by atoms with Crippen LogP contribution in [0.25, 0.3) is 0 Å². The number of carbonyl (C=O) groups is 1. The zero-order valence-corrected chi connectivity index (χ0v) is 12.1. The maximum atomic E-state index is 12.1. The molecule has 0 unspecified atom stereocenters. The molecule has 0 aromatic heterocycles. The van der Waals surface area contributed by atoms with Crippen molar-refractivity contribution >= 4 is 11.6 Å². The molecule has 0 heterocycles. The second-order valence-electron chi connectivity index (χ2n) is 4.91. The van der Waals surface area contributed by atoms with Gasteiger partial charge in [0.15, 0.2) is 0 Å². The fourth-order valence-corrected chi connectivity index (χ4v) is 2.01. The molecule has 4 nitrogen and oxygen atoms in total. The monoisotopic (exact) mass is 279 g/mol. The van der Waals surface area contributed by atoms with Crippen LogP contribution in [0.1, 0.15) is 21.5 Å². The number of nitrogens with zero attached hydrogens (tertiary/aromatic N) is 2. The Bertz CT molecular complexity index is 686. The molecule has 106 valence electrons. The first kappa shape index (κ1) is 14.6. The summed E-state index contributed by atoms with van der Waals surface area (Å²) < 4.78 is 0. The van der Waals surface area contributed by atoms with E-state index in [9.17, 15) is 4.79 Å². The van der Waals surface area contributed by atoms with Crippen LogP contribution in [0.5, 0.6) is 0 Å². The third kappa shape index (κ3) is 3.61. The molecule has 0 bridgehead atoms. The van der Waals surface area contributed by atoms with Crippen molar-refractivity contribution in [2.45, 2.75) is 6.54 Å². The zero-order chi connectivity index (χ0) is 15.2. The van der Waals surface area contributed by atoms with Gasteiger partial charge >= 0.3 is 0 Å². The summed E-state index contributed by atoms with van der Waals surface area (Å²) in [5, 5.41) is 12.2. The Morgan fingerprint density at radius 1 is 1.19 bits per heavy atom. The van der Waals surface area contributed by atoms with Crippen molar-refractivity contribution in [1.29, 1.82) is 5.26 Å². The van der Waals surface area contributed by atoms with Crippen LogP contribution < -0.4 is 5.32 Å². The molecule has 21 heavy (non-hydrogen) atoms. The summed E-state index contributed by atoms with van der Waals surface area (Å²) in [7, 11) is 3.46.